The van der Waals surface area contributed by atoms with Crippen LogP contribution in [0.5, 0.6) is 6.01 Å². The zero-order valence-corrected chi connectivity index (χ0v) is 22.3. The largest absolute Gasteiger partial charge is 0.462 e. The summed E-state index contributed by atoms with van der Waals surface area (Å²) >= 11 is 0. The molecule has 0 N–H and O–H groups in total. The molecule has 2 aromatic carbocycles. The van der Waals surface area contributed by atoms with Gasteiger partial charge in [-0.1, -0.05) is 36.4 Å². The monoisotopic (exact) mass is 509 g/mol. The van der Waals surface area contributed by atoms with Gasteiger partial charge in [0.05, 0.1) is 30.8 Å². The van der Waals surface area contributed by atoms with Gasteiger partial charge in [-0.2, -0.15) is 9.97 Å². The van der Waals surface area contributed by atoms with Crippen molar-refractivity contribution < 1.29 is 4.74 Å². The Hall–Kier alpha value is -3.65. The number of fused-ring (bicyclic) bond motifs is 3. The summed E-state index contributed by atoms with van der Waals surface area (Å²) in [6, 6.07) is 16.4. The van der Waals surface area contributed by atoms with Crippen LogP contribution in [0.25, 0.3) is 10.8 Å². The summed E-state index contributed by atoms with van der Waals surface area (Å²) in [5.41, 5.74) is 4.82. The molecule has 196 valence electrons. The molecule has 0 radical (unpaired) electrons. The number of hydrogen-bond donors (Lipinski definition) is 0. The topological polar surface area (TPSA) is 62.6 Å². The van der Waals surface area contributed by atoms with Gasteiger partial charge in [0.1, 0.15) is 12.4 Å². The number of aromatic nitrogens is 4. The molecule has 0 bridgehead atoms. The first-order valence-electron chi connectivity index (χ1n) is 13.9. The Morgan fingerprint density at radius 2 is 1.92 bits per heavy atom. The second-order valence-corrected chi connectivity index (χ2v) is 11.0. The molecule has 4 aromatic rings. The molecule has 8 nitrogen and oxygen atoms in total. The van der Waals surface area contributed by atoms with E-state index in [-0.39, 0.29) is 0 Å². The fourth-order valence-corrected chi connectivity index (χ4v) is 6.38. The lowest BCUT2D eigenvalue weighted by Crippen LogP contribution is -2.43. The van der Waals surface area contributed by atoms with Crippen LogP contribution in [0.1, 0.15) is 36.7 Å². The number of imidazole rings is 1. The van der Waals surface area contributed by atoms with Gasteiger partial charge < -0.3 is 24.0 Å². The normalized spacial score (nSPS) is 21.5. The summed E-state index contributed by atoms with van der Waals surface area (Å²) in [6.45, 7) is 7.41. The highest BCUT2D eigenvalue weighted by atomic mass is 16.5. The van der Waals surface area contributed by atoms with Crippen molar-refractivity contribution in [2.24, 2.45) is 0 Å². The summed E-state index contributed by atoms with van der Waals surface area (Å²) in [5.74, 6) is 1.03. The number of anilines is 2. The van der Waals surface area contributed by atoms with Gasteiger partial charge >= 0.3 is 6.01 Å². The van der Waals surface area contributed by atoms with Crippen molar-refractivity contribution in [3.8, 4) is 6.01 Å². The first-order chi connectivity index (χ1) is 18.6. The molecule has 0 aliphatic carbocycles. The van der Waals surface area contributed by atoms with Crippen LogP contribution < -0.4 is 14.5 Å². The summed E-state index contributed by atoms with van der Waals surface area (Å²) in [7, 11) is 2.18. The Morgan fingerprint density at radius 3 is 2.82 bits per heavy atom. The molecule has 1 saturated heterocycles. The van der Waals surface area contributed by atoms with E-state index >= 15 is 0 Å². The molecule has 8 heteroatoms. The maximum Gasteiger partial charge on any atom is 0.318 e. The van der Waals surface area contributed by atoms with Gasteiger partial charge in [-0.3, -0.25) is 0 Å². The Balaban J connectivity index is 1.25. The predicted molar refractivity (Wildman–Crippen MR) is 150 cm³/mol. The van der Waals surface area contributed by atoms with Crippen LogP contribution in [-0.2, 0) is 26.1 Å². The van der Waals surface area contributed by atoms with E-state index in [2.05, 4.69) is 80.7 Å². The molecular formula is C30H35N7O. The number of nitrogens with zero attached hydrogens (tertiary/aromatic N) is 7. The molecular weight excluding hydrogens is 474 g/mol. The average Bonchev–Trinajstić information content (AvgIpc) is 3.58. The lowest BCUT2D eigenvalue weighted by atomic mass is 10.0. The number of ether oxygens (including phenoxy) is 1. The van der Waals surface area contributed by atoms with Crippen LogP contribution in [0.4, 0.5) is 11.5 Å². The third-order valence-electron chi connectivity index (χ3n) is 8.60. The highest BCUT2D eigenvalue weighted by Gasteiger charge is 2.31. The van der Waals surface area contributed by atoms with Crippen molar-refractivity contribution >= 4 is 22.3 Å². The Bertz CT molecular complexity index is 1460. The zero-order chi connectivity index (χ0) is 25.6. The van der Waals surface area contributed by atoms with Crippen LogP contribution in [0.2, 0.25) is 0 Å². The van der Waals surface area contributed by atoms with Crippen LogP contribution >= 0.6 is 0 Å². The van der Waals surface area contributed by atoms with E-state index in [1.54, 1.807) is 0 Å². The Morgan fingerprint density at radius 1 is 1.03 bits per heavy atom. The van der Waals surface area contributed by atoms with E-state index in [1.165, 1.54) is 34.1 Å². The average molecular weight is 510 g/mol. The van der Waals surface area contributed by atoms with Crippen molar-refractivity contribution in [2.75, 3.05) is 36.5 Å². The fourth-order valence-electron chi connectivity index (χ4n) is 6.38. The van der Waals surface area contributed by atoms with Gasteiger partial charge in [0.15, 0.2) is 0 Å². The maximum absolute atomic E-state index is 6.33. The Kier molecular flexibility index (Phi) is 5.92. The summed E-state index contributed by atoms with van der Waals surface area (Å²) < 4.78 is 8.59. The van der Waals surface area contributed by atoms with Crippen molar-refractivity contribution in [3.63, 3.8) is 0 Å². The zero-order valence-electron chi connectivity index (χ0n) is 22.3. The quantitative estimate of drug-likeness (QED) is 0.398. The lowest BCUT2D eigenvalue weighted by molar-refractivity contribution is 0.187. The van der Waals surface area contributed by atoms with Gasteiger partial charge in [-0.05, 0) is 51.2 Å². The Labute approximate surface area is 223 Å². The molecule has 0 unspecified atom stereocenters. The molecule has 3 aliphatic heterocycles. The fraction of sp³-hybridized carbons (Fsp3) is 0.433. The summed E-state index contributed by atoms with van der Waals surface area (Å²) in [5, 5.41) is 2.55. The van der Waals surface area contributed by atoms with E-state index in [1.807, 2.05) is 12.5 Å². The molecule has 38 heavy (non-hydrogen) atoms. The lowest BCUT2D eigenvalue weighted by Gasteiger charge is -2.38. The number of hydrogen-bond acceptors (Lipinski definition) is 7. The number of likely N-dealkylation sites (tertiary alicyclic amines) is 1. The van der Waals surface area contributed by atoms with Crippen molar-refractivity contribution in [1.82, 2.24) is 24.4 Å². The van der Waals surface area contributed by atoms with Crippen LogP contribution in [0.15, 0.2) is 55.0 Å². The van der Waals surface area contributed by atoms with E-state index in [0.717, 1.165) is 57.1 Å². The second-order valence-electron chi connectivity index (χ2n) is 11.0. The van der Waals surface area contributed by atoms with E-state index in [4.69, 9.17) is 14.7 Å². The first-order valence-corrected chi connectivity index (χ1v) is 13.9. The van der Waals surface area contributed by atoms with Gasteiger partial charge in [0, 0.05) is 48.0 Å². The smallest absolute Gasteiger partial charge is 0.318 e. The highest BCUT2D eigenvalue weighted by molar-refractivity contribution is 5.94. The highest BCUT2D eigenvalue weighted by Crippen LogP contribution is 2.36. The van der Waals surface area contributed by atoms with Gasteiger partial charge in [0.25, 0.3) is 0 Å². The van der Waals surface area contributed by atoms with Gasteiger partial charge in [-0.15, -0.1) is 0 Å². The van der Waals surface area contributed by atoms with Crippen molar-refractivity contribution in [3.05, 3.63) is 71.9 Å². The second kappa shape index (κ2) is 9.58. The summed E-state index contributed by atoms with van der Waals surface area (Å²) in [4.78, 5) is 21.8. The molecule has 5 heterocycles. The van der Waals surface area contributed by atoms with E-state index in [0.29, 0.717) is 24.7 Å². The molecule has 2 aromatic heterocycles. The minimum absolute atomic E-state index is 0.306. The third-order valence-corrected chi connectivity index (χ3v) is 8.60. The van der Waals surface area contributed by atoms with E-state index in [9.17, 15) is 0 Å². The molecule has 0 saturated carbocycles. The standard InChI is InChI=1S/C30H35N7O/c1-21-16-36-20-31-15-24(36)17-37(21)29-26-12-14-35(28-11-5-8-22-7-3-4-10-25(22)28)18-27(26)32-30(33-29)38-19-23-9-6-13-34(23)2/h3-5,7-8,10-11,15,20-21,23H,6,9,12-14,16-19H2,1-2H3/t21-,23+/m1/s1. The molecule has 1 fully saturated rings. The van der Waals surface area contributed by atoms with Crippen LogP contribution in [-0.4, -0.2) is 63.2 Å². The number of likely N-dealkylation sites (N-methyl/N-ethyl adjacent to an activating group) is 1. The van der Waals surface area contributed by atoms with Crippen molar-refractivity contribution in [1.29, 1.82) is 0 Å². The summed E-state index contributed by atoms with van der Waals surface area (Å²) in [6.07, 6.45) is 7.20. The van der Waals surface area contributed by atoms with Crippen LogP contribution in [0, 0.1) is 0 Å². The maximum atomic E-state index is 6.33. The first kappa shape index (κ1) is 23.5. The van der Waals surface area contributed by atoms with Gasteiger partial charge in [0.2, 0.25) is 0 Å². The molecule has 7 rings (SSSR count). The molecule has 2 atom stereocenters. The van der Waals surface area contributed by atoms with Crippen LogP contribution in [0.3, 0.4) is 0 Å². The minimum Gasteiger partial charge on any atom is -0.462 e. The predicted octanol–water partition coefficient (Wildman–Crippen LogP) is 4.27. The van der Waals surface area contributed by atoms with E-state index < -0.39 is 0 Å². The van der Waals surface area contributed by atoms with Gasteiger partial charge in [-0.25, -0.2) is 4.98 Å². The number of rotatable bonds is 5. The third kappa shape index (κ3) is 4.17. The molecule has 3 aliphatic rings. The number of benzene rings is 2. The molecule has 0 spiro atoms. The van der Waals surface area contributed by atoms with Crippen molar-refractivity contribution in [2.45, 2.75) is 57.9 Å². The SMILES string of the molecule is C[C@@H]1Cn2cncc2CN1c1nc(OC[C@@H]2CCCN2C)nc2c1CCN(c1cccc3ccccc13)C2. The minimum atomic E-state index is 0.306. The molecule has 0 amide bonds.